The molecule has 9 heteroatoms. The maximum atomic E-state index is 12.9. The number of sulfone groups is 1. The predicted octanol–water partition coefficient (Wildman–Crippen LogP) is 4.21. The molecular weight excluding hydrogens is 494 g/mol. The molecule has 0 aromatic heterocycles. The van der Waals surface area contributed by atoms with Gasteiger partial charge in [-0.05, 0) is 55.8 Å². The molecule has 8 nitrogen and oxygen atoms in total. The molecule has 0 aliphatic rings. The molecule has 0 radical (unpaired) electrons. The molecule has 3 rings (SSSR count). The van der Waals surface area contributed by atoms with Crippen LogP contribution in [-0.2, 0) is 14.6 Å². The monoisotopic (exact) mass is 521 g/mol. The minimum atomic E-state index is -3.41. The summed E-state index contributed by atoms with van der Waals surface area (Å²) in [4.78, 5) is 48.7. The van der Waals surface area contributed by atoms with Gasteiger partial charge in [-0.15, -0.1) is 0 Å². The average Bonchev–Trinajstić information content (AvgIpc) is 2.90. The van der Waals surface area contributed by atoms with Gasteiger partial charge in [0.15, 0.2) is 21.4 Å². The van der Waals surface area contributed by atoms with Gasteiger partial charge in [-0.3, -0.25) is 14.4 Å². The van der Waals surface area contributed by atoms with E-state index in [-0.39, 0.29) is 34.4 Å². The number of Topliss-reactive ketones (excluding diaryl/α,β-unsaturated/α-hetero) is 2. The van der Waals surface area contributed by atoms with Gasteiger partial charge < -0.3 is 10.1 Å². The highest BCUT2D eigenvalue weighted by Gasteiger charge is 2.20. The first-order chi connectivity index (χ1) is 17.5. The SMILES string of the molecule is CCS(=O)(=O)c1ccc(C(COC(=O)c2ccc(C(C)=O)cc2)NC(=O)c2ccc(C(C)=O)cc2)cc1. The van der Waals surface area contributed by atoms with Crippen molar-refractivity contribution in [3.05, 3.63) is 101 Å². The highest BCUT2D eigenvalue weighted by atomic mass is 32.2. The molecule has 3 aromatic carbocycles. The summed E-state index contributed by atoms with van der Waals surface area (Å²) in [6, 6.07) is 17.3. The summed E-state index contributed by atoms with van der Waals surface area (Å²) in [6.07, 6.45) is 0. The Kier molecular flexibility index (Phi) is 8.73. The van der Waals surface area contributed by atoms with Gasteiger partial charge in [0.1, 0.15) is 6.61 Å². The Balaban J connectivity index is 1.82. The van der Waals surface area contributed by atoms with Crippen LogP contribution in [0.1, 0.15) is 73.8 Å². The van der Waals surface area contributed by atoms with Crippen molar-refractivity contribution in [2.75, 3.05) is 12.4 Å². The van der Waals surface area contributed by atoms with Crippen LogP contribution in [0.5, 0.6) is 0 Å². The van der Waals surface area contributed by atoms with E-state index in [2.05, 4.69) is 5.32 Å². The predicted molar refractivity (Wildman–Crippen MR) is 138 cm³/mol. The van der Waals surface area contributed by atoms with Crippen molar-refractivity contribution in [2.45, 2.75) is 31.7 Å². The smallest absolute Gasteiger partial charge is 0.338 e. The molecule has 1 amide bonds. The highest BCUT2D eigenvalue weighted by molar-refractivity contribution is 7.91. The number of ether oxygens (including phenoxy) is 1. The third kappa shape index (κ3) is 6.98. The number of amides is 1. The van der Waals surface area contributed by atoms with Crippen LogP contribution in [0.2, 0.25) is 0 Å². The van der Waals surface area contributed by atoms with Crippen molar-refractivity contribution < 1.29 is 32.3 Å². The van der Waals surface area contributed by atoms with Gasteiger partial charge in [0.2, 0.25) is 0 Å². The standard InChI is InChI=1S/C28H27NO7S/c1-4-37(34,35)25-15-13-22(14-16-25)26(29-27(32)23-9-5-20(6-10-23)18(2)30)17-36-28(33)24-11-7-21(8-12-24)19(3)31/h5-16,26H,4,17H2,1-3H3,(H,29,32). The van der Waals surface area contributed by atoms with Crippen LogP contribution in [0.15, 0.2) is 77.7 Å². The first-order valence-corrected chi connectivity index (χ1v) is 13.2. The van der Waals surface area contributed by atoms with E-state index in [1.54, 1.807) is 31.2 Å². The van der Waals surface area contributed by atoms with E-state index in [0.29, 0.717) is 22.3 Å². The van der Waals surface area contributed by atoms with Crippen molar-refractivity contribution in [3.8, 4) is 0 Å². The summed E-state index contributed by atoms with van der Waals surface area (Å²) >= 11 is 0. The number of esters is 1. The van der Waals surface area contributed by atoms with Crippen LogP contribution in [-0.4, -0.2) is 44.2 Å². The lowest BCUT2D eigenvalue weighted by Crippen LogP contribution is -2.32. The Labute approximate surface area is 215 Å². The molecule has 0 heterocycles. The van der Waals surface area contributed by atoms with Gasteiger partial charge >= 0.3 is 5.97 Å². The molecule has 0 saturated carbocycles. The van der Waals surface area contributed by atoms with Gasteiger partial charge in [0, 0.05) is 16.7 Å². The fourth-order valence-electron chi connectivity index (χ4n) is 3.48. The van der Waals surface area contributed by atoms with Crippen LogP contribution >= 0.6 is 0 Å². The lowest BCUT2D eigenvalue weighted by Gasteiger charge is -2.20. The van der Waals surface area contributed by atoms with Crippen LogP contribution in [0.25, 0.3) is 0 Å². The quantitative estimate of drug-likeness (QED) is 0.313. The molecule has 3 aromatic rings. The molecule has 1 unspecified atom stereocenters. The van der Waals surface area contributed by atoms with Gasteiger partial charge in [-0.2, -0.15) is 0 Å². The lowest BCUT2D eigenvalue weighted by atomic mass is 10.1. The van der Waals surface area contributed by atoms with Crippen LogP contribution in [0.4, 0.5) is 0 Å². The average molecular weight is 522 g/mol. The largest absolute Gasteiger partial charge is 0.460 e. The van der Waals surface area contributed by atoms with Crippen molar-refractivity contribution in [2.24, 2.45) is 0 Å². The first kappa shape index (κ1) is 27.5. The number of nitrogens with one attached hydrogen (secondary N) is 1. The summed E-state index contributed by atoms with van der Waals surface area (Å²) in [7, 11) is -3.41. The highest BCUT2D eigenvalue weighted by Crippen LogP contribution is 2.20. The second-order valence-electron chi connectivity index (χ2n) is 8.36. The Bertz CT molecular complexity index is 1410. The summed E-state index contributed by atoms with van der Waals surface area (Å²) in [5, 5.41) is 2.81. The minimum Gasteiger partial charge on any atom is -0.460 e. The summed E-state index contributed by atoms with van der Waals surface area (Å²) in [5.74, 6) is -1.43. The molecule has 192 valence electrons. The number of carbonyl (C=O) groups is 4. The van der Waals surface area contributed by atoms with Crippen molar-refractivity contribution in [1.29, 1.82) is 0 Å². The zero-order valence-electron chi connectivity index (χ0n) is 20.7. The molecule has 0 aliphatic carbocycles. The van der Waals surface area contributed by atoms with Crippen molar-refractivity contribution in [1.82, 2.24) is 5.32 Å². The molecule has 1 N–H and O–H groups in total. The first-order valence-electron chi connectivity index (χ1n) is 11.5. The van der Waals surface area contributed by atoms with Crippen molar-refractivity contribution >= 4 is 33.3 Å². The number of ketones is 2. The molecule has 0 spiro atoms. The maximum Gasteiger partial charge on any atom is 0.338 e. The number of rotatable bonds is 10. The second-order valence-corrected chi connectivity index (χ2v) is 10.6. The number of benzene rings is 3. The van der Waals surface area contributed by atoms with E-state index in [1.807, 2.05) is 0 Å². The van der Waals surface area contributed by atoms with E-state index < -0.39 is 27.8 Å². The van der Waals surface area contributed by atoms with Crippen LogP contribution in [0.3, 0.4) is 0 Å². The third-order valence-electron chi connectivity index (χ3n) is 5.79. The summed E-state index contributed by atoms with van der Waals surface area (Å²) in [6.45, 7) is 4.16. The lowest BCUT2D eigenvalue weighted by molar-refractivity contribution is 0.0455. The van der Waals surface area contributed by atoms with E-state index in [4.69, 9.17) is 4.74 Å². The minimum absolute atomic E-state index is 0.0528. The van der Waals surface area contributed by atoms with E-state index in [1.165, 1.54) is 62.4 Å². The van der Waals surface area contributed by atoms with Gasteiger partial charge in [-0.1, -0.05) is 43.3 Å². The zero-order valence-corrected chi connectivity index (χ0v) is 21.5. The third-order valence-corrected chi connectivity index (χ3v) is 7.54. The van der Waals surface area contributed by atoms with E-state index in [0.717, 1.165) is 0 Å². The Morgan fingerprint density at radius 3 is 1.65 bits per heavy atom. The topological polar surface area (TPSA) is 124 Å². The molecule has 0 fully saturated rings. The molecular formula is C28H27NO7S. The van der Waals surface area contributed by atoms with E-state index >= 15 is 0 Å². The fraction of sp³-hybridized carbons (Fsp3) is 0.214. The summed E-state index contributed by atoms with van der Waals surface area (Å²) in [5.41, 5.74) is 1.99. The van der Waals surface area contributed by atoms with Gasteiger partial charge in [-0.25, -0.2) is 13.2 Å². The number of hydrogen-bond donors (Lipinski definition) is 1. The number of carbonyl (C=O) groups excluding carboxylic acids is 4. The number of hydrogen-bond acceptors (Lipinski definition) is 7. The van der Waals surface area contributed by atoms with Crippen molar-refractivity contribution in [3.63, 3.8) is 0 Å². The van der Waals surface area contributed by atoms with Gasteiger partial charge in [0.25, 0.3) is 5.91 Å². The second kappa shape index (κ2) is 11.7. The molecule has 0 aliphatic heterocycles. The Morgan fingerprint density at radius 1 is 0.730 bits per heavy atom. The molecule has 0 saturated heterocycles. The fourth-order valence-corrected chi connectivity index (χ4v) is 4.36. The van der Waals surface area contributed by atoms with Crippen LogP contribution in [0, 0.1) is 0 Å². The Morgan fingerprint density at radius 2 is 1.19 bits per heavy atom. The molecule has 1 atom stereocenters. The Hall–Kier alpha value is -4.11. The van der Waals surface area contributed by atoms with E-state index in [9.17, 15) is 27.6 Å². The molecule has 37 heavy (non-hydrogen) atoms. The molecule has 0 bridgehead atoms. The van der Waals surface area contributed by atoms with Gasteiger partial charge in [0.05, 0.1) is 22.3 Å². The maximum absolute atomic E-state index is 12.9. The normalized spacial score (nSPS) is 11.9. The summed E-state index contributed by atoms with van der Waals surface area (Å²) < 4.78 is 29.8. The van der Waals surface area contributed by atoms with Crippen LogP contribution < -0.4 is 5.32 Å². The zero-order chi connectivity index (χ0) is 27.2.